The highest BCUT2D eigenvalue weighted by atomic mass is 16.4. The fraction of sp³-hybridized carbons (Fsp3) is 0.864. The zero-order valence-corrected chi connectivity index (χ0v) is 17.6. The van der Waals surface area contributed by atoms with Gasteiger partial charge in [0.25, 0.3) is 0 Å². The summed E-state index contributed by atoms with van der Waals surface area (Å²) in [6, 6.07) is 0. The molecule has 3 N–H and O–H groups in total. The number of aliphatic hydroxyl groups is 1. The van der Waals surface area contributed by atoms with Gasteiger partial charge in [-0.15, -0.1) is 0 Å². The number of allylic oxidation sites excluding steroid dienone is 1. The normalized spacial score (nSPS) is 12.0. The third-order valence-electron chi connectivity index (χ3n) is 4.23. The maximum atomic E-state index is 10.3. The van der Waals surface area contributed by atoms with Gasteiger partial charge in [-0.05, 0) is 45.2 Å². The molecule has 4 nitrogen and oxygen atoms in total. The number of nitrogens with one attached hydrogen (secondary N) is 1. The molecular formula is C22H45NO3. The van der Waals surface area contributed by atoms with Gasteiger partial charge in [-0.2, -0.15) is 0 Å². The number of carboxylic acid groups (broad SMARTS) is 1. The Bertz CT molecular complexity index is 304. The SMILES string of the molecule is CCCCCC[C@@H](O)C/C=C\CCCCCCCC(=O)O.CCNCC. The van der Waals surface area contributed by atoms with Gasteiger partial charge < -0.3 is 15.5 Å². The minimum absolute atomic E-state index is 0.172. The summed E-state index contributed by atoms with van der Waals surface area (Å²) in [4.78, 5) is 10.3. The molecule has 0 aromatic heterocycles. The summed E-state index contributed by atoms with van der Waals surface area (Å²) in [7, 11) is 0. The summed E-state index contributed by atoms with van der Waals surface area (Å²) in [6.45, 7) is 8.59. The van der Waals surface area contributed by atoms with Gasteiger partial charge in [0.05, 0.1) is 6.10 Å². The Morgan fingerprint density at radius 1 is 0.885 bits per heavy atom. The lowest BCUT2D eigenvalue weighted by atomic mass is 10.1. The standard InChI is InChI=1S/C18H34O3.C4H11N/c1-2-3-4-11-14-17(19)15-12-9-7-5-6-8-10-13-16-18(20)21;1-3-5-4-2/h9,12,17,19H,2-8,10-11,13-16H2,1H3,(H,20,21);5H,3-4H2,1-2H3/b12-9-;/t17-;/m1./s1. The molecule has 156 valence electrons. The molecule has 0 heterocycles. The first-order valence-electron chi connectivity index (χ1n) is 10.8. The van der Waals surface area contributed by atoms with E-state index in [4.69, 9.17) is 5.11 Å². The van der Waals surface area contributed by atoms with Crippen LogP contribution in [0.3, 0.4) is 0 Å². The average molecular weight is 372 g/mol. The maximum absolute atomic E-state index is 10.3. The van der Waals surface area contributed by atoms with Crippen LogP contribution in [-0.4, -0.2) is 35.4 Å². The quantitative estimate of drug-likeness (QED) is 0.227. The molecule has 4 heteroatoms. The molecule has 0 aromatic rings. The van der Waals surface area contributed by atoms with Gasteiger partial charge in [0.1, 0.15) is 0 Å². The molecule has 0 radical (unpaired) electrons. The largest absolute Gasteiger partial charge is 0.481 e. The van der Waals surface area contributed by atoms with Crippen molar-refractivity contribution in [3.05, 3.63) is 12.2 Å². The number of unbranched alkanes of at least 4 members (excludes halogenated alkanes) is 8. The molecule has 0 unspecified atom stereocenters. The number of hydrogen-bond acceptors (Lipinski definition) is 3. The number of carboxylic acids is 1. The molecule has 0 rings (SSSR count). The molecule has 0 spiro atoms. The Labute approximate surface area is 162 Å². The van der Waals surface area contributed by atoms with Crippen molar-refractivity contribution in [3.63, 3.8) is 0 Å². The topological polar surface area (TPSA) is 69.6 Å². The molecule has 0 aliphatic heterocycles. The molecule has 0 aromatic carbocycles. The Morgan fingerprint density at radius 2 is 1.50 bits per heavy atom. The van der Waals surface area contributed by atoms with E-state index in [1.54, 1.807) is 0 Å². The fourth-order valence-electron chi connectivity index (χ4n) is 2.61. The summed E-state index contributed by atoms with van der Waals surface area (Å²) in [6.07, 6.45) is 17.4. The molecule has 0 aliphatic carbocycles. The number of aliphatic hydroxyl groups excluding tert-OH is 1. The molecule has 0 fully saturated rings. The third kappa shape index (κ3) is 28.0. The predicted octanol–water partition coefficient (Wildman–Crippen LogP) is 5.70. The van der Waals surface area contributed by atoms with Crippen LogP contribution in [0.25, 0.3) is 0 Å². The van der Waals surface area contributed by atoms with Gasteiger partial charge in [-0.3, -0.25) is 4.79 Å². The van der Waals surface area contributed by atoms with E-state index in [2.05, 4.69) is 38.2 Å². The average Bonchev–Trinajstić information content (AvgIpc) is 2.61. The van der Waals surface area contributed by atoms with E-state index >= 15 is 0 Å². The van der Waals surface area contributed by atoms with E-state index in [0.29, 0.717) is 6.42 Å². The van der Waals surface area contributed by atoms with E-state index in [1.807, 2.05) is 0 Å². The van der Waals surface area contributed by atoms with Crippen LogP contribution in [0.15, 0.2) is 12.2 Å². The Hall–Kier alpha value is -0.870. The van der Waals surface area contributed by atoms with Crippen molar-refractivity contribution in [1.29, 1.82) is 0 Å². The van der Waals surface area contributed by atoms with Crippen LogP contribution >= 0.6 is 0 Å². The van der Waals surface area contributed by atoms with Gasteiger partial charge in [-0.1, -0.05) is 77.9 Å². The zero-order chi connectivity index (χ0) is 19.9. The molecule has 0 amide bonds. The molecule has 0 bridgehead atoms. The first-order valence-corrected chi connectivity index (χ1v) is 10.8. The first kappa shape index (κ1) is 27.3. The van der Waals surface area contributed by atoms with Crippen molar-refractivity contribution < 1.29 is 15.0 Å². The highest BCUT2D eigenvalue weighted by Gasteiger charge is 2.00. The molecule has 0 saturated carbocycles. The van der Waals surface area contributed by atoms with E-state index in [9.17, 15) is 9.90 Å². The van der Waals surface area contributed by atoms with Gasteiger partial charge in [0, 0.05) is 6.42 Å². The molecule has 1 atom stereocenters. The Balaban J connectivity index is 0. The van der Waals surface area contributed by atoms with Gasteiger partial charge in [0.2, 0.25) is 0 Å². The van der Waals surface area contributed by atoms with Crippen LogP contribution in [-0.2, 0) is 4.79 Å². The lowest BCUT2D eigenvalue weighted by molar-refractivity contribution is -0.137. The highest BCUT2D eigenvalue weighted by molar-refractivity contribution is 5.66. The maximum Gasteiger partial charge on any atom is 0.303 e. The van der Waals surface area contributed by atoms with E-state index in [1.165, 1.54) is 25.7 Å². The molecular weight excluding hydrogens is 326 g/mol. The minimum atomic E-state index is -0.689. The van der Waals surface area contributed by atoms with Crippen molar-refractivity contribution in [2.24, 2.45) is 0 Å². The van der Waals surface area contributed by atoms with Crippen LogP contribution < -0.4 is 5.32 Å². The number of rotatable bonds is 17. The second-order valence-electron chi connectivity index (χ2n) is 6.87. The first-order chi connectivity index (χ1) is 12.6. The minimum Gasteiger partial charge on any atom is -0.481 e. The summed E-state index contributed by atoms with van der Waals surface area (Å²) in [5.74, 6) is -0.689. The van der Waals surface area contributed by atoms with E-state index < -0.39 is 5.97 Å². The fourth-order valence-corrected chi connectivity index (χ4v) is 2.61. The number of aliphatic carboxylic acids is 1. The number of carbonyl (C=O) groups is 1. The lowest BCUT2D eigenvalue weighted by Crippen LogP contribution is -2.09. The second-order valence-corrected chi connectivity index (χ2v) is 6.87. The summed E-state index contributed by atoms with van der Waals surface area (Å²) >= 11 is 0. The lowest BCUT2D eigenvalue weighted by Gasteiger charge is -2.07. The van der Waals surface area contributed by atoms with E-state index in [0.717, 1.165) is 64.5 Å². The predicted molar refractivity (Wildman–Crippen MR) is 113 cm³/mol. The second kappa shape index (κ2) is 24.1. The van der Waals surface area contributed by atoms with Crippen molar-refractivity contribution in [2.75, 3.05) is 13.1 Å². The summed E-state index contributed by atoms with van der Waals surface area (Å²) < 4.78 is 0. The van der Waals surface area contributed by atoms with Crippen LogP contribution in [0.4, 0.5) is 0 Å². The smallest absolute Gasteiger partial charge is 0.303 e. The van der Waals surface area contributed by atoms with Gasteiger partial charge in [0.15, 0.2) is 0 Å². The molecule has 26 heavy (non-hydrogen) atoms. The molecule has 0 saturated heterocycles. The van der Waals surface area contributed by atoms with Crippen LogP contribution in [0.1, 0.15) is 104 Å². The van der Waals surface area contributed by atoms with Crippen molar-refractivity contribution in [2.45, 2.75) is 110 Å². The highest BCUT2D eigenvalue weighted by Crippen LogP contribution is 2.10. The van der Waals surface area contributed by atoms with Crippen LogP contribution in [0.2, 0.25) is 0 Å². The Morgan fingerprint density at radius 3 is 2.08 bits per heavy atom. The number of hydrogen-bond donors (Lipinski definition) is 3. The van der Waals surface area contributed by atoms with Crippen molar-refractivity contribution >= 4 is 5.97 Å². The monoisotopic (exact) mass is 371 g/mol. The van der Waals surface area contributed by atoms with Gasteiger partial charge >= 0.3 is 5.97 Å². The third-order valence-corrected chi connectivity index (χ3v) is 4.23. The van der Waals surface area contributed by atoms with Crippen LogP contribution in [0.5, 0.6) is 0 Å². The zero-order valence-electron chi connectivity index (χ0n) is 17.6. The van der Waals surface area contributed by atoms with E-state index in [-0.39, 0.29) is 6.10 Å². The van der Waals surface area contributed by atoms with Crippen molar-refractivity contribution in [1.82, 2.24) is 5.32 Å². The van der Waals surface area contributed by atoms with Gasteiger partial charge in [-0.25, -0.2) is 0 Å². The summed E-state index contributed by atoms with van der Waals surface area (Å²) in [5, 5.41) is 21.4. The van der Waals surface area contributed by atoms with Crippen LogP contribution in [0, 0.1) is 0 Å². The van der Waals surface area contributed by atoms with Crippen molar-refractivity contribution in [3.8, 4) is 0 Å². The molecule has 0 aliphatic rings. The summed E-state index contributed by atoms with van der Waals surface area (Å²) in [5.41, 5.74) is 0. The Kier molecular flexibility index (Phi) is 25.4.